The summed E-state index contributed by atoms with van der Waals surface area (Å²) in [6.45, 7) is 3.90. The van der Waals surface area contributed by atoms with Gasteiger partial charge in [-0.2, -0.15) is 0 Å². The van der Waals surface area contributed by atoms with Gasteiger partial charge in [-0.1, -0.05) is 30.3 Å². The van der Waals surface area contributed by atoms with Crippen molar-refractivity contribution in [1.29, 1.82) is 0 Å². The van der Waals surface area contributed by atoms with Crippen LogP contribution < -0.4 is 5.32 Å². The Morgan fingerprint density at radius 1 is 1.00 bits per heavy atom. The molecule has 4 nitrogen and oxygen atoms in total. The van der Waals surface area contributed by atoms with Crippen molar-refractivity contribution in [3.63, 3.8) is 0 Å². The molecule has 2 heterocycles. The first kappa shape index (κ1) is 16.6. The fourth-order valence-corrected chi connectivity index (χ4v) is 3.06. The van der Waals surface area contributed by atoms with E-state index < -0.39 is 0 Å². The number of benzene rings is 1. The van der Waals surface area contributed by atoms with Crippen LogP contribution in [0.5, 0.6) is 0 Å². The molecule has 1 aliphatic heterocycles. The van der Waals surface area contributed by atoms with Crippen molar-refractivity contribution < 1.29 is 4.42 Å². The molecule has 1 aromatic carbocycles. The molecule has 1 aliphatic rings. The van der Waals surface area contributed by atoms with E-state index in [1.165, 1.54) is 24.8 Å². The molecule has 0 radical (unpaired) electrons. The van der Waals surface area contributed by atoms with Crippen LogP contribution in [0.3, 0.4) is 0 Å². The Bertz CT molecular complexity index is 601. The third kappa shape index (κ3) is 5.15. The Labute approximate surface area is 144 Å². The van der Waals surface area contributed by atoms with Gasteiger partial charge in [0.05, 0.1) is 6.26 Å². The summed E-state index contributed by atoms with van der Waals surface area (Å²) in [5, 5.41) is 3.56. The summed E-state index contributed by atoms with van der Waals surface area (Å²) in [4.78, 5) is 7.22. The molecule has 128 valence electrons. The van der Waals surface area contributed by atoms with Crippen LogP contribution in [-0.4, -0.2) is 37.0 Å². The largest absolute Gasteiger partial charge is 0.469 e. The molecular weight excluding hydrogens is 298 g/mol. The Morgan fingerprint density at radius 3 is 2.58 bits per heavy atom. The van der Waals surface area contributed by atoms with Crippen molar-refractivity contribution in [1.82, 2.24) is 10.2 Å². The number of hydrogen-bond donors (Lipinski definition) is 1. The van der Waals surface area contributed by atoms with Crippen LogP contribution in [0.1, 0.15) is 30.6 Å². The lowest BCUT2D eigenvalue weighted by molar-refractivity contribution is 0.331. The zero-order chi connectivity index (χ0) is 16.5. The van der Waals surface area contributed by atoms with Gasteiger partial charge in [-0.25, -0.2) is 0 Å². The highest BCUT2D eigenvalue weighted by Crippen LogP contribution is 2.09. The Hall–Kier alpha value is -2.23. The van der Waals surface area contributed by atoms with E-state index in [1.807, 2.05) is 12.1 Å². The van der Waals surface area contributed by atoms with Gasteiger partial charge in [-0.15, -0.1) is 0 Å². The fraction of sp³-hybridized carbons (Fsp3) is 0.450. The molecule has 0 spiro atoms. The second-order valence-corrected chi connectivity index (χ2v) is 6.24. The minimum absolute atomic E-state index is 0.762. The number of guanidine groups is 1. The van der Waals surface area contributed by atoms with Gasteiger partial charge in [-0.05, 0) is 43.4 Å². The second-order valence-electron chi connectivity index (χ2n) is 6.24. The molecule has 0 unspecified atom stereocenters. The summed E-state index contributed by atoms with van der Waals surface area (Å²) in [5.74, 6) is 2.05. The van der Waals surface area contributed by atoms with Crippen LogP contribution in [0.2, 0.25) is 0 Å². The van der Waals surface area contributed by atoms with Gasteiger partial charge in [-0.3, -0.25) is 4.99 Å². The number of aliphatic imine (C=N–C) groups is 1. The monoisotopic (exact) mass is 325 g/mol. The third-order valence-corrected chi connectivity index (χ3v) is 4.40. The van der Waals surface area contributed by atoms with E-state index in [0.717, 1.165) is 50.7 Å². The van der Waals surface area contributed by atoms with Gasteiger partial charge in [0.2, 0.25) is 0 Å². The molecular formula is C20H27N3O. The van der Waals surface area contributed by atoms with Gasteiger partial charge in [0.15, 0.2) is 5.96 Å². The van der Waals surface area contributed by atoms with Crippen LogP contribution >= 0.6 is 0 Å². The van der Waals surface area contributed by atoms with Crippen molar-refractivity contribution in [3.8, 4) is 0 Å². The Morgan fingerprint density at radius 2 is 1.83 bits per heavy atom. The van der Waals surface area contributed by atoms with Crippen molar-refractivity contribution in [2.75, 3.05) is 26.2 Å². The number of furan rings is 1. The summed E-state index contributed by atoms with van der Waals surface area (Å²) in [6.07, 6.45) is 7.45. The third-order valence-electron chi connectivity index (χ3n) is 4.40. The number of likely N-dealkylation sites (tertiary alicyclic amines) is 1. The Kier molecular flexibility index (Phi) is 6.34. The van der Waals surface area contributed by atoms with E-state index >= 15 is 0 Å². The van der Waals surface area contributed by atoms with Gasteiger partial charge in [0.25, 0.3) is 0 Å². The average molecular weight is 325 g/mol. The number of piperidine rings is 1. The lowest BCUT2D eigenvalue weighted by Crippen LogP contribution is -2.45. The van der Waals surface area contributed by atoms with Gasteiger partial charge < -0.3 is 14.6 Å². The fourth-order valence-electron chi connectivity index (χ4n) is 3.06. The minimum atomic E-state index is 0.762. The molecule has 1 N–H and O–H groups in total. The number of hydrogen-bond acceptors (Lipinski definition) is 2. The topological polar surface area (TPSA) is 40.8 Å². The summed E-state index contributed by atoms with van der Waals surface area (Å²) in [5.41, 5.74) is 1.36. The molecule has 0 amide bonds. The van der Waals surface area contributed by atoms with E-state index in [2.05, 4.69) is 40.5 Å². The van der Waals surface area contributed by atoms with Crippen molar-refractivity contribution in [2.24, 2.45) is 4.99 Å². The molecule has 1 fully saturated rings. The number of rotatable bonds is 6. The van der Waals surface area contributed by atoms with Crippen molar-refractivity contribution in [3.05, 3.63) is 60.1 Å². The van der Waals surface area contributed by atoms with Crippen molar-refractivity contribution >= 4 is 5.96 Å². The molecule has 0 bridgehead atoms. The predicted octanol–water partition coefficient (Wildman–Crippen LogP) is 3.50. The van der Waals surface area contributed by atoms with Crippen molar-refractivity contribution in [2.45, 2.75) is 32.1 Å². The molecule has 24 heavy (non-hydrogen) atoms. The lowest BCUT2D eigenvalue weighted by Gasteiger charge is -2.30. The highest BCUT2D eigenvalue weighted by atomic mass is 16.3. The van der Waals surface area contributed by atoms with E-state index in [0.29, 0.717) is 0 Å². The van der Waals surface area contributed by atoms with E-state index in [1.54, 1.807) is 6.26 Å². The first-order valence-electron chi connectivity index (χ1n) is 9.01. The molecule has 0 atom stereocenters. The first-order valence-corrected chi connectivity index (χ1v) is 9.01. The average Bonchev–Trinajstić information content (AvgIpc) is 3.15. The lowest BCUT2D eigenvalue weighted by atomic mass is 10.1. The maximum absolute atomic E-state index is 5.40. The maximum atomic E-state index is 5.40. The first-order chi connectivity index (χ1) is 11.9. The normalized spacial score (nSPS) is 15.5. The van der Waals surface area contributed by atoms with Gasteiger partial charge >= 0.3 is 0 Å². The maximum Gasteiger partial charge on any atom is 0.193 e. The summed E-state index contributed by atoms with van der Waals surface area (Å²) in [7, 11) is 0. The number of nitrogens with one attached hydrogen (secondary N) is 1. The highest BCUT2D eigenvalue weighted by Gasteiger charge is 2.14. The molecule has 1 aromatic heterocycles. The molecule has 0 saturated carbocycles. The molecule has 4 heteroatoms. The Balaban J connectivity index is 1.54. The molecule has 1 saturated heterocycles. The SMILES string of the molecule is c1ccc(CCNC(=NCCc2ccco2)N2CCCCC2)cc1. The van der Waals surface area contributed by atoms with Crippen LogP contribution in [0, 0.1) is 0 Å². The summed E-state index contributed by atoms with van der Waals surface area (Å²) < 4.78 is 5.40. The minimum Gasteiger partial charge on any atom is -0.469 e. The van der Waals surface area contributed by atoms with Gasteiger partial charge in [0, 0.05) is 32.6 Å². The van der Waals surface area contributed by atoms with Crippen LogP contribution in [0.25, 0.3) is 0 Å². The second kappa shape index (κ2) is 9.16. The molecule has 2 aromatic rings. The standard InChI is InChI=1S/C20H27N3O/c1-3-8-18(9-4-1)11-13-21-20(23-15-5-2-6-16-23)22-14-12-19-10-7-17-24-19/h1,3-4,7-10,17H,2,5-6,11-16H2,(H,21,22). The highest BCUT2D eigenvalue weighted by molar-refractivity contribution is 5.80. The molecule has 0 aliphatic carbocycles. The zero-order valence-corrected chi connectivity index (χ0v) is 14.3. The van der Waals surface area contributed by atoms with E-state index in [-0.39, 0.29) is 0 Å². The predicted molar refractivity (Wildman–Crippen MR) is 98.3 cm³/mol. The van der Waals surface area contributed by atoms with Crippen LogP contribution in [0.15, 0.2) is 58.1 Å². The quantitative estimate of drug-likeness (QED) is 0.653. The smallest absolute Gasteiger partial charge is 0.193 e. The van der Waals surface area contributed by atoms with Crippen LogP contribution in [-0.2, 0) is 12.8 Å². The summed E-state index contributed by atoms with van der Waals surface area (Å²) in [6, 6.07) is 14.6. The zero-order valence-electron chi connectivity index (χ0n) is 14.3. The molecule has 3 rings (SSSR count). The van der Waals surface area contributed by atoms with E-state index in [9.17, 15) is 0 Å². The summed E-state index contributed by atoms with van der Waals surface area (Å²) >= 11 is 0. The van der Waals surface area contributed by atoms with Gasteiger partial charge in [0.1, 0.15) is 5.76 Å². The van der Waals surface area contributed by atoms with E-state index in [4.69, 9.17) is 9.41 Å². The van der Waals surface area contributed by atoms with Crippen LogP contribution in [0.4, 0.5) is 0 Å². The number of nitrogens with zero attached hydrogens (tertiary/aromatic N) is 2.